The molecule has 0 radical (unpaired) electrons. The van der Waals surface area contributed by atoms with Gasteiger partial charge in [-0.2, -0.15) is 0 Å². The summed E-state index contributed by atoms with van der Waals surface area (Å²) in [5, 5.41) is 0. The molecule has 0 bridgehead atoms. The van der Waals surface area contributed by atoms with Crippen molar-refractivity contribution in [2.75, 3.05) is 0 Å². The second kappa shape index (κ2) is 8.91. The summed E-state index contributed by atoms with van der Waals surface area (Å²) in [6, 6.07) is 0. The largest absolute Gasteiger partial charge is 0.103 e. The summed E-state index contributed by atoms with van der Waals surface area (Å²) in [5.74, 6) is 7.29. The van der Waals surface area contributed by atoms with Gasteiger partial charge in [-0.25, -0.2) is 0 Å². The Morgan fingerprint density at radius 2 is 1.38 bits per heavy atom. The molecule has 0 heterocycles. The van der Waals surface area contributed by atoms with Gasteiger partial charge in [0.1, 0.15) is 0 Å². The second-order valence-electron chi connectivity index (χ2n) is 9.88. The van der Waals surface area contributed by atoms with Crippen LogP contribution in [-0.2, 0) is 0 Å². The molecule has 0 aromatic carbocycles. The highest BCUT2D eigenvalue weighted by molar-refractivity contribution is 4.88. The van der Waals surface area contributed by atoms with Crippen molar-refractivity contribution in [1.29, 1.82) is 0 Å². The van der Waals surface area contributed by atoms with Gasteiger partial charge < -0.3 is 0 Å². The number of allylic oxidation sites excluding steroid dienone is 1. The summed E-state index contributed by atoms with van der Waals surface area (Å²) in [6.45, 7) is 8.96. The topological polar surface area (TPSA) is 0 Å². The molecule has 0 spiro atoms. The Balaban J connectivity index is 1.44. The lowest BCUT2D eigenvalue weighted by Gasteiger charge is -2.44. The van der Waals surface area contributed by atoms with E-state index in [1.165, 1.54) is 64.2 Å². The van der Waals surface area contributed by atoms with E-state index in [0.29, 0.717) is 0 Å². The lowest BCUT2D eigenvalue weighted by Crippen LogP contribution is -2.34. The fourth-order valence-corrected chi connectivity index (χ4v) is 6.61. The van der Waals surface area contributed by atoms with Crippen molar-refractivity contribution in [2.24, 2.45) is 41.4 Å². The molecule has 3 atom stereocenters. The van der Waals surface area contributed by atoms with Crippen molar-refractivity contribution in [3.05, 3.63) is 12.7 Å². The molecule has 0 amide bonds. The summed E-state index contributed by atoms with van der Waals surface area (Å²) >= 11 is 0. The zero-order valence-electron chi connectivity index (χ0n) is 16.5. The molecule has 0 aliphatic heterocycles. The van der Waals surface area contributed by atoms with Gasteiger partial charge in [-0.1, -0.05) is 45.6 Å². The minimum absolute atomic E-state index is 0.998. The van der Waals surface area contributed by atoms with Crippen molar-refractivity contribution >= 4 is 0 Å². The van der Waals surface area contributed by atoms with Crippen LogP contribution in [0.4, 0.5) is 0 Å². The Hall–Kier alpha value is -0.260. The Labute approximate surface area is 151 Å². The number of hydrogen-bond donors (Lipinski definition) is 0. The molecule has 3 saturated carbocycles. The summed E-state index contributed by atoms with van der Waals surface area (Å²) in [7, 11) is 0. The highest BCUT2D eigenvalue weighted by Gasteiger charge is 2.37. The lowest BCUT2D eigenvalue weighted by molar-refractivity contribution is 0.0636. The minimum atomic E-state index is 0.998. The first kappa shape index (κ1) is 18.5. The standard InChI is InChI=1S/C24H42/c1-4-5-6-20-9-13-22(14-10-20)24-16-15-23(17-19(24)3)21-11-7-18(2)8-12-21/h4,18-24H,1,5-17H2,2-3H3. The molecule has 0 nitrogen and oxygen atoms in total. The fourth-order valence-electron chi connectivity index (χ4n) is 6.61. The van der Waals surface area contributed by atoms with Crippen molar-refractivity contribution < 1.29 is 0 Å². The Morgan fingerprint density at radius 3 is 2.00 bits per heavy atom. The van der Waals surface area contributed by atoms with Gasteiger partial charge in [0, 0.05) is 0 Å². The second-order valence-corrected chi connectivity index (χ2v) is 9.88. The van der Waals surface area contributed by atoms with Crippen LogP contribution in [0.1, 0.15) is 97.3 Å². The van der Waals surface area contributed by atoms with E-state index >= 15 is 0 Å². The molecule has 3 unspecified atom stereocenters. The van der Waals surface area contributed by atoms with Crippen LogP contribution in [0, 0.1) is 41.4 Å². The average molecular weight is 331 g/mol. The summed E-state index contributed by atoms with van der Waals surface area (Å²) in [6.07, 6.45) is 21.6. The van der Waals surface area contributed by atoms with E-state index in [2.05, 4.69) is 26.5 Å². The van der Waals surface area contributed by atoms with Gasteiger partial charge >= 0.3 is 0 Å². The number of hydrogen-bond acceptors (Lipinski definition) is 0. The van der Waals surface area contributed by atoms with E-state index in [0.717, 1.165) is 41.4 Å². The summed E-state index contributed by atoms with van der Waals surface area (Å²) in [4.78, 5) is 0. The monoisotopic (exact) mass is 330 g/mol. The van der Waals surface area contributed by atoms with Crippen molar-refractivity contribution in [3.63, 3.8) is 0 Å². The Kier molecular flexibility index (Phi) is 6.88. The van der Waals surface area contributed by atoms with Crippen LogP contribution in [0.3, 0.4) is 0 Å². The molecule has 24 heavy (non-hydrogen) atoms. The minimum Gasteiger partial charge on any atom is -0.103 e. The van der Waals surface area contributed by atoms with Gasteiger partial charge in [-0.15, -0.1) is 6.58 Å². The van der Waals surface area contributed by atoms with Crippen LogP contribution in [-0.4, -0.2) is 0 Å². The molecule has 0 saturated heterocycles. The summed E-state index contributed by atoms with van der Waals surface area (Å²) < 4.78 is 0. The first-order valence-corrected chi connectivity index (χ1v) is 11.3. The molecule has 0 heteroatoms. The Bertz CT molecular complexity index is 367. The van der Waals surface area contributed by atoms with Crippen LogP contribution in [0.2, 0.25) is 0 Å². The zero-order valence-corrected chi connectivity index (χ0v) is 16.5. The third-order valence-electron chi connectivity index (χ3n) is 8.28. The van der Waals surface area contributed by atoms with E-state index in [-0.39, 0.29) is 0 Å². The van der Waals surface area contributed by atoms with Gasteiger partial charge in [-0.05, 0) is 99.2 Å². The highest BCUT2D eigenvalue weighted by atomic mass is 14.4. The molecule has 3 aliphatic carbocycles. The molecule has 3 aliphatic rings. The molecule has 138 valence electrons. The normalized spacial score (nSPS) is 44.2. The van der Waals surface area contributed by atoms with Crippen LogP contribution in [0.5, 0.6) is 0 Å². The van der Waals surface area contributed by atoms with Gasteiger partial charge in [0.05, 0.1) is 0 Å². The summed E-state index contributed by atoms with van der Waals surface area (Å²) in [5.41, 5.74) is 0. The van der Waals surface area contributed by atoms with Crippen LogP contribution in [0.25, 0.3) is 0 Å². The lowest BCUT2D eigenvalue weighted by atomic mass is 9.61. The molecule has 3 rings (SSSR count). The van der Waals surface area contributed by atoms with Crippen LogP contribution >= 0.6 is 0 Å². The van der Waals surface area contributed by atoms with E-state index in [4.69, 9.17) is 0 Å². The molecular weight excluding hydrogens is 288 g/mol. The van der Waals surface area contributed by atoms with Gasteiger partial charge in [0.2, 0.25) is 0 Å². The smallest absolute Gasteiger partial charge is 0.0351 e. The predicted molar refractivity (Wildman–Crippen MR) is 106 cm³/mol. The van der Waals surface area contributed by atoms with E-state index in [1.807, 2.05) is 0 Å². The third-order valence-corrected chi connectivity index (χ3v) is 8.28. The van der Waals surface area contributed by atoms with Gasteiger partial charge in [0.15, 0.2) is 0 Å². The van der Waals surface area contributed by atoms with Crippen LogP contribution < -0.4 is 0 Å². The van der Waals surface area contributed by atoms with Crippen molar-refractivity contribution in [3.8, 4) is 0 Å². The molecule has 3 fully saturated rings. The van der Waals surface area contributed by atoms with E-state index < -0.39 is 0 Å². The first-order chi connectivity index (χ1) is 11.7. The first-order valence-electron chi connectivity index (χ1n) is 11.3. The maximum atomic E-state index is 3.89. The van der Waals surface area contributed by atoms with Gasteiger partial charge in [0.25, 0.3) is 0 Å². The molecular formula is C24H42. The number of rotatable bonds is 5. The van der Waals surface area contributed by atoms with Crippen LogP contribution in [0.15, 0.2) is 12.7 Å². The van der Waals surface area contributed by atoms with E-state index in [9.17, 15) is 0 Å². The average Bonchev–Trinajstić information content (AvgIpc) is 2.61. The van der Waals surface area contributed by atoms with Crippen molar-refractivity contribution in [1.82, 2.24) is 0 Å². The maximum absolute atomic E-state index is 3.89. The molecule has 0 N–H and O–H groups in total. The van der Waals surface area contributed by atoms with Crippen molar-refractivity contribution in [2.45, 2.75) is 97.3 Å². The predicted octanol–water partition coefficient (Wildman–Crippen LogP) is 7.64. The third kappa shape index (κ3) is 4.67. The zero-order chi connectivity index (χ0) is 16.9. The van der Waals surface area contributed by atoms with E-state index in [1.54, 1.807) is 19.3 Å². The quantitative estimate of drug-likeness (QED) is 0.454. The molecule has 0 aromatic rings. The van der Waals surface area contributed by atoms with Gasteiger partial charge in [-0.3, -0.25) is 0 Å². The fraction of sp³-hybridized carbons (Fsp3) is 0.917. The maximum Gasteiger partial charge on any atom is -0.0351 e. The SMILES string of the molecule is C=CCCC1CCC(C2CCC(C3CCC(C)CC3)CC2C)CC1. The highest BCUT2D eigenvalue weighted by Crippen LogP contribution is 2.48. The Morgan fingerprint density at radius 1 is 0.750 bits per heavy atom. The molecule has 0 aromatic heterocycles.